The summed E-state index contributed by atoms with van der Waals surface area (Å²) >= 11 is 11.8. The molecule has 0 aromatic heterocycles. The molecule has 0 N–H and O–H groups in total. The first-order valence-corrected chi connectivity index (χ1v) is 7.31. The maximum Gasteiger partial charge on any atom is 0.343 e. The minimum Gasteiger partial charge on any atom is -0.423 e. The molecule has 0 bridgehead atoms. The highest BCUT2D eigenvalue weighted by molar-refractivity contribution is 6.42. The topological polar surface area (TPSA) is 26.3 Å². The summed E-state index contributed by atoms with van der Waals surface area (Å²) in [6.07, 6.45) is 0. The normalized spacial score (nSPS) is 11.3. The number of ether oxygens (including phenoxy) is 1. The van der Waals surface area contributed by atoms with Crippen molar-refractivity contribution in [2.45, 2.75) is 26.2 Å². The summed E-state index contributed by atoms with van der Waals surface area (Å²) in [6, 6.07) is 12.2. The molecule has 21 heavy (non-hydrogen) atoms. The van der Waals surface area contributed by atoms with Gasteiger partial charge in [-0.05, 0) is 29.7 Å². The predicted molar refractivity (Wildman–Crippen MR) is 86.6 cm³/mol. The predicted octanol–water partition coefficient (Wildman–Crippen LogP) is 5.51. The number of esters is 1. The fourth-order valence-electron chi connectivity index (χ4n) is 1.96. The zero-order chi connectivity index (χ0) is 15.6. The first-order valence-electron chi connectivity index (χ1n) is 6.56. The molecule has 110 valence electrons. The van der Waals surface area contributed by atoms with Gasteiger partial charge in [-0.15, -0.1) is 0 Å². The van der Waals surface area contributed by atoms with Gasteiger partial charge < -0.3 is 4.74 Å². The Hall–Kier alpha value is -1.51. The van der Waals surface area contributed by atoms with Gasteiger partial charge in [0.25, 0.3) is 0 Å². The average Bonchev–Trinajstić information content (AvgIpc) is 2.41. The van der Waals surface area contributed by atoms with Crippen molar-refractivity contribution in [3.63, 3.8) is 0 Å². The van der Waals surface area contributed by atoms with Crippen LogP contribution in [-0.4, -0.2) is 5.97 Å². The number of benzene rings is 2. The van der Waals surface area contributed by atoms with Crippen molar-refractivity contribution in [1.82, 2.24) is 0 Å². The van der Waals surface area contributed by atoms with E-state index in [1.54, 1.807) is 18.2 Å². The van der Waals surface area contributed by atoms with Gasteiger partial charge in [0.1, 0.15) is 5.75 Å². The molecular weight excluding hydrogens is 307 g/mol. The highest BCUT2D eigenvalue weighted by Gasteiger charge is 2.20. The molecule has 0 radical (unpaired) electrons. The average molecular weight is 323 g/mol. The Labute approximate surface area is 134 Å². The molecular formula is C17H16Cl2O2. The highest BCUT2D eigenvalue weighted by atomic mass is 35.5. The van der Waals surface area contributed by atoms with Crippen LogP contribution in [0.2, 0.25) is 10.0 Å². The second kappa shape index (κ2) is 6.08. The van der Waals surface area contributed by atoms with E-state index in [0.717, 1.165) is 5.56 Å². The van der Waals surface area contributed by atoms with Gasteiger partial charge >= 0.3 is 5.97 Å². The Kier molecular flexibility index (Phi) is 4.60. The monoisotopic (exact) mass is 322 g/mol. The van der Waals surface area contributed by atoms with Gasteiger partial charge in [-0.3, -0.25) is 0 Å². The number of hydrogen-bond acceptors (Lipinski definition) is 2. The van der Waals surface area contributed by atoms with E-state index in [0.29, 0.717) is 21.4 Å². The lowest BCUT2D eigenvalue weighted by Crippen LogP contribution is -2.16. The summed E-state index contributed by atoms with van der Waals surface area (Å²) in [6.45, 7) is 6.20. The van der Waals surface area contributed by atoms with E-state index in [1.807, 2.05) is 18.2 Å². The van der Waals surface area contributed by atoms with Crippen LogP contribution in [0.15, 0.2) is 42.5 Å². The summed E-state index contributed by atoms with van der Waals surface area (Å²) in [5.41, 5.74) is 1.22. The second-order valence-electron chi connectivity index (χ2n) is 5.76. The summed E-state index contributed by atoms with van der Waals surface area (Å²) in [7, 11) is 0. The van der Waals surface area contributed by atoms with E-state index >= 15 is 0 Å². The maximum atomic E-state index is 12.2. The molecule has 0 saturated heterocycles. The van der Waals surface area contributed by atoms with Crippen LogP contribution in [0, 0.1) is 0 Å². The zero-order valence-corrected chi connectivity index (χ0v) is 13.6. The van der Waals surface area contributed by atoms with E-state index in [1.165, 1.54) is 6.07 Å². The van der Waals surface area contributed by atoms with Crippen LogP contribution in [0.5, 0.6) is 5.75 Å². The van der Waals surface area contributed by atoms with Crippen molar-refractivity contribution in [2.75, 3.05) is 0 Å². The Morgan fingerprint density at radius 3 is 2.29 bits per heavy atom. The lowest BCUT2D eigenvalue weighted by atomic mass is 9.86. The molecule has 0 saturated carbocycles. The third-order valence-electron chi connectivity index (χ3n) is 3.05. The fraction of sp³-hybridized carbons (Fsp3) is 0.235. The molecule has 0 atom stereocenters. The Morgan fingerprint density at radius 2 is 1.67 bits per heavy atom. The van der Waals surface area contributed by atoms with Gasteiger partial charge in [0.05, 0.1) is 15.6 Å². The van der Waals surface area contributed by atoms with Crippen molar-refractivity contribution in [1.29, 1.82) is 0 Å². The van der Waals surface area contributed by atoms with Crippen molar-refractivity contribution in [2.24, 2.45) is 0 Å². The highest BCUT2D eigenvalue weighted by Crippen LogP contribution is 2.31. The zero-order valence-electron chi connectivity index (χ0n) is 12.1. The van der Waals surface area contributed by atoms with Crippen molar-refractivity contribution >= 4 is 29.2 Å². The standard InChI is InChI=1S/C17H16Cl2O2/c1-17(2,3)12-6-4-5-7-15(12)21-16(20)11-8-9-13(18)14(19)10-11/h4-10H,1-3H3. The summed E-state index contributed by atoms with van der Waals surface area (Å²) in [4.78, 5) is 12.2. The summed E-state index contributed by atoms with van der Waals surface area (Å²) < 4.78 is 5.51. The Balaban J connectivity index is 2.30. The van der Waals surface area contributed by atoms with Crippen LogP contribution in [0.25, 0.3) is 0 Å². The minimum absolute atomic E-state index is 0.117. The van der Waals surface area contributed by atoms with Crippen LogP contribution in [0.1, 0.15) is 36.7 Å². The minimum atomic E-state index is -0.453. The lowest BCUT2D eigenvalue weighted by Gasteiger charge is -2.22. The van der Waals surface area contributed by atoms with Crippen molar-refractivity contribution in [3.05, 3.63) is 63.6 Å². The molecule has 2 aromatic carbocycles. The quantitative estimate of drug-likeness (QED) is 0.538. The molecule has 2 nitrogen and oxygen atoms in total. The molecule has 0 unspecified atom stereocenters. The maximum absolute atomic E-state index is 12.2. The van der Waals surface area contributed by atoms with E-state index in [9.17, 15) is 4.79 Å². The Bertz CT molecular complexity index is 673. The third kappa shape index (κ3) is 3.78. The van der Waals surface area contributed by atoms with Crippen LogP contribution < -0.4 is 4.74 Å². The number of hydrogen-bond donors (Lipinski definition) is 0. The van der Waals surface area contributed by atoms with E-state index in [-0.39, 0.29) is 5.41 Å². The number of para-hydroxylation sites is 1. The van der Waals surface area contributed by atoms with Gasteiger partial charge in [-0.2, -0.15) is 0 Å². The number of carbonyl (C=O) groups excluding carboxylic acids is 1. The van der Waals surface area contributed by atoms with Gasteiger partial charge in [0.2, 0.25) is 0 Å². The molecule has 0 aliphatic carbocycles. The molecule has 0 spiro atoms. The van der Waals surface area contributed by atoms with E-state index in [2.05, 4.69) is 20.8 Å². The van der Waals surface area contributed by atoms with Crippen molar-refractivity contribution in [3.8, 4) is 5.75 Å². The van der Waals surface area contributed by atoms with Gasteiger partial charge in [-0.25, -0.2) is 4.79 Å². The van der Waals surface area contributed by atoms with Crippen LogP contribution >= 0.6 is 23.2 Å². The number of rotatable bonds is 2. The SMILES string of the molecule is CC(C)(C)c1ccccc1OC(=O)c1ccc(Cl)c(Cl)c1. The third-order valence-corrected chi connectivity index (χ3v) is 3.79. The smallest absolute Gasteiger partial charge is 0.343 e. The first kappa shape index (κ1) is 15.9. The molecule has 4 heteroatoms. The summed E-state index contributed by atoms with van der Waals surface area (Å²) in [5, 5.41) is 0.735. The van der Waals surface area contributed by atoms with E-state index < -0.39 is 5.97 Å². The van der Waals surface area contributed by atoms with E-state index in [4.69, 9.17) is 27.9 Å². The molecule has 0 aliphatic heterocycles. The second-order valence-corrected chi connectivity index (χ2v) is 6.58. The molecule has 2 aromatic rings. The molecule has 0 fully saturated rings. The largest absolute Gasteiger partial charge is 0.423 e. The molecule has 0 amide bonds. The van der Waals surface area contributed by atoms with Crippen molar-refractivity contribution < 1.29 is 9.53 Å². The number of halogens is 2. The van der Waals surface area contributed by atoms with Crippen LogP contribution in [0.4, 0.5) is 0 Å². The number of carbonyl (C=O) groups is 1. The van der Waals surface area contributed by atoms with Gasteiger partial charge in [0.15, 0.2) is 0 Å². The Morgan fingerprint density at radius 1 is 1.00 bits per heavy atom. The van der Waals surface area contributed by atoms with Crippen LogP contribution in [0.3, 0.4) is 0 Å². The molecule has 0 heterocycles. The molecule has 0 aliphatic rings. The fourth-order valence-corrected chi connectivity index (χ4v) is 2.26. The van der Waals surface area contributed by atoms with Gasteiger partial charge in [0, 0.05) is 5.56 Å². The van der Waals surface area contributed by atoms with Gasteiger partial charge in [-0.1, -0.05) is 62.2 Å². The lowest BCUT2D eigenvalue weighted by molar-refractivity contribution is 0.0732. The van der Waals surface area contributed by atoms with Crippen LogP contribution in [-0.2, 0) is 5.41 Å². The first-order chi connectivity index (χ1) is 9.79. The molecule has 2 rings (SSSR count). The summed E-state index contributed by atoms with van der Waals surface area (Å²) in [5.74, 6) is 0.103.